The summed E-state index contributed by atoms with van der Waals surface area (Å²) in [5.41, 5.74) is 6.67. The number of fused-ring (bicyclic) bond motifs is 1. The zero-order valence-corrected chi connectivity index (χ0v) is 19.6. The summed E-state index contributed by atoms with van der Waals surface area (Å²) < 4.78 is 12.9. The van der Waals surface area contributed by atoms with Crippen LogP contribution in [0.4, 0.5) is 0 Å². The lowest BCUT2D eigenvalue weighted by atomic mass is 9.99. The van der Waals surface area contributed by atoms with Crippen LogP contribution < -0.4 is 14.9 Å². The number of methoxy groups -OCH3 is 2. The number of hydrogen-bond acceptors (Lipinski definition) is 6. The number of nitrogens with zero attached hydrogens (tertiary/aromatic N) is 4. The summed E-state index contributed by atoms with van der Waals surface area (Å²) in [7, 11) is 3.23. The molecular formula is C26H27N5O3. The third kappa shape index (κ3) is 4.76. The van der Waals surface area contributed by atoms with E-state index in [0.29, 0.717) is 22.8 Å². The second kappa shape index (κ2) is 10.2. The molecule has 0 atom stereocenters. The molecule has 2 aromatic carbocycles. The zero-order valence-electron chi connectivity index (χ0n) is 19.6. The number of hydrogen-bond donors (Lipinski definition) is 1. The molecule has 8 heteroatoms. The van der Waals surface area contributed by atoms with Crippen LogP contribution in [0.15, 0.2) is 65.9 Å². The predicted octanol–water partition coefficient (Wildman–Crippen LogP) is 4.39. The minimum absolute atomic E-state index is 0.0382. The van der Waals surface area contributed by atoms with Crippen LogP contribution in [0.2, 0.25) is 0 Å². The minimum atomic E-state index is -0.290. The number of para-hydroxylation sites is 2. The van der Waals surface area contributed by atoms with Gasteiger partial charge in [0, 0.05) is 17.3 Å². The molecule has 0 saturated carbocycles. The number of nitrogens with one attached hydrogen (secondary N) is 1. The second-order valence-electron chi connectivity index (χ2n) is 8.01. The SMILES string of the molecule is COc1cc(C(C)C)c(OC)cc1/C=N\NC(=O)Cn1c(-c2ccccn2)nc2ccccc21. The summed E-state index contributed by atoms with van der Waals surface area (Å²) in [5, 5.41) is 4.15. The number of carbonyl (C=O) groups excluding carboxylic acids is 1. The van der Waals surface area contributed by atoms with E-state index in [1.165, 1.54) is 0 Å². The molecule has 2 aromatic heterocycles. The Hall–Kier alpha value is -4.20. The molecule has 4 rings (SSSR count). The second-order valence-corrected chi connectivity index (χ2v) is 8.01. The Morgan fingerprint density at radius 3 is 2.56 bits per heavy atom. The Balaban J connectivity index is 1.57. The maximum Gasteiger partial charge on any atom is 0.260 e. The topological polar surface area (TPSA) is 90.6 Å². The standard InChI is InChI=1S/C26H27N5O3/c1-17(2)19-14-23(33-3)18(13-24(19)34-4)15-28-30-25(32)16-31-22-11-6-5-9-20(22)29-26(31)21-10-7-8-12-27-21/h5-15,17H,16H2,1-4H3,(H,30,32)/b28-15-. The van der Waals surface area contributed by atoms with E-state index in [2.05, 4.69) is 34.3 Å². The van der Waals surface area contributed by atoms with Crippen LogP contribution in [0.5, 0.6) is 11.5 Å². The monoisotopic (exact) mass is 457 g/mol. The molecule has 0 aliphatic carbocycles. The van der Waals surface area contributed by atoms with Gasteiger partial charge in [-0.25, -0.2) is 10.4 Å². The number of amides is 1. The first-order valence-corrected chi connectivity index (χ1v) is 11.0. The molecule has 0 saturated heterocycles. The molecule has 8 nitrogen and oxygen atoms in total. The fraction of sp³-hybridized carbons (Fsp3) is 0.231. The number of ether oxygens (including phenoxy) is 2. The van der Waals surface area contributed by atoms with E-state index in [0.717, 1.165) is 22.3 Å². The van der Waals surface area contributed by atoms with Crippen molar-refractivity contribution in [2.45, 2.75) is 26.3 Å². The van der Waals surface area contributed by atoms with E-state index in [1.807, 2.05) is 59.2 Å². The fourth-order valence-corrected chi connectivity index (χ4v) is 3.78. The summed E-state index contributed by atoms with van der Waals surface area (Å²) in [6.45, 7) is 4.21. The highest BCUT2D eigenvalue weighted by Gasteiger charge is 2.16. The van der Waals surface area contributed by atoms with Gasteiger partial charge in [-0.05, 0) is 42.3 Å². The van der Waals surface area contributed by atoms with Crippen LogP contribution in [0.25, 0.3) is 22.6 Å². The maximum atomic E-state index is 12.8. The first kappa shape index (κ1) is 23.0. The Labute approximate surface area is 198 Å². The maximum absolute atomic E-state index is 12.8. The van der Waals surface area contributed by atoms with Gasteiger partial charge in [-0.1, -0.05) is 32.0 Å². The summed E-state index contributed by atoms with van der Waals surface area (Å²) in [6, 6.07) is 17.1. The van der Waals surface area contributed by atoms with Crippen molar-refractivity contribution in [2.75, 3.05) is 14.2 Å². The zero-order chi connectivity index (χ0) is 24.1. The van der Waals surface area contributed by atoms with Crippen LogP contribution in [0.1, 0.15) is 30.9 Å². The van der Waals surface area contributed by atoms with Crippen molar-refractivity contribution in [3.63, 3.8) is 0 Å². The summed E-state index contributed by atoms with van der Waals surface area (Å²) >= 11 is 0. The van der Waals surface area contributed by atoms with Gasteiger partial charge in [0.15, 0.2) is 5.82 Å². The Kier molecular flexibility index (Phi) is 6.87. The summed E-state index contributed by atoms with van der Waals surface area (Å²) in [4.78, 5) is 21.9. The smallest absolute Gasteiger partial charge is 0.260 e. The number of benzene rings is 2. The average molecular weight is 458 g/mol. The number of pyridine rings is 1. The van der Waals surface area contributed by atoms with Crippen molar-refractivity contribution < 1.29 is 14.3 Å². The molecule has 0 fully saturated rings. The van der Waals surface area contributed by atoms with Crippen LogP contribution in [0.3, 0.4) is 0 Å². The molecule has 34 heavy (non-hydrogen) atoms. The molecule has 1 N–H and O–H groups in total. The molecule has 4 aromatic rings. The highest BCUT2D eigenvalue weighted by Crippen LogP contribution is 2.32. The first-order valence-electron chi connectivity index (χ1n) is 11.0. The average Bonchev–Trinajstić information content (AvgIpc) is 3.22. The van der Waals surface area contributed by atoms with Gasteiger partial charge >= 0.3 is 0 Å². The van der Waals surface area contributed by atoms with Gasteiger partial charge in [0.25, 0.3) is 5.91 Å². The third-order valence-electron chi connectivity index (χ3n) is 5.45. The van der Waals surface area contributed by atoms with Crippen LogP contribution in [-0.4, -0.2) is 40.9 Å². The van der Waals surface area contributed by atoms with E-state index in [9.17, 15) is 4.79 Å². The number of imidazole rings is 1. The first-order chi connectivity index (χ1) is 16.5. The third-order valence-corrected chi connectivity index (χ3v) is 5.45. The van der Waals surface area contributed by atoms with Crippen molar-refractivity contribution in [1.82, 2.24) is 20.0 Å². The van der Waals surface area contributed by atoms with Crippen molar-refractivity contribution in [2.24, 2.45) is 5.10 Å². The summed E-state index contributed by atoms with van der Waals surface area (Å²) in [5.74, 6) is 2.00. The molecule has 1 amide bonds. The highest BCUT2D eigenvalue weighted by molar-refractivity contribution is 5.87. The van der Waals surface area contributed by atoms with Gasteiger partial charge < -0.3 is 14.0 Å². The van der Waals surface area contributed by atoms with Crippen molar-refractivity contribution in [1.29, 1.82) is 0 Å². The number of hydrazone groups is 1. The van der Waals surface area contributed by atoms with E-state index in [4.69, 9.17) is 9.47 Å². The van der Waals surface area contributed by atoms with E-state index in [-0.39, 0.29) is 18.4 Å². The van der Waals surface area contributed by atoms with Crippen molar-refractivity contribution in [3.05, 3.63) is 71.9 Å². The molecule has 0 aliphatic rings. The minimum Gasteiger partial charge on any atom is -0.496 e. The van der Waals surface area contributed by atoms with Crippen molar-refractivity contribution >= 4 is 23.2 Å². The molecule has 0 radical (unpaired) electrons. The molecule has 0 spiro atoms. The quantitative estimate of drug-likeness (QED) is 0.313. The number of rotatable bonds is 8. The van der Waals surface area contributed by atoms with Crippen LogP contribution in [0, 0.1) is 0 Å². The summed E-state index contributed by atoms with van der Waals surface area (Å²) in [6.07, 6.45) is 3.25. The van der Waals surface area contributed by atoms with Crippen LogP contribution >= 0.6 is 0 Å². The van der Waals surface area contributed by atoms with Gasteiger partial charge in [0.2, 0.25) is 0 Å². The Bertz CT molecular complexity index is 1330. The molecular weight excluding hydrogens is 430 g/mol. The van der Waals surface area contributed by atoms with Crippen molar-refractivity contribution in [3.8, 4) is 23.0 Å². The van der Waals surface area contributed by atoms with E-state index < -0.39 is 0 Å². The normalized spacial score (nSPS) is 11.3. The van der Waals surface area contributed by atoms with Gasteiger partial charge in [-0.3, -0.25) is 9.78 Å². The lowest BCUT2D eigenvalue weighted by Crippen LogP contribution is -2.23. The molecule has 2 heterocycles. The molecule has 174 valence electrons. The largest absolute Gasteiger partial charge is 0.496 e. The van der Waals surface area contributed by atoms with Gasteiger partial charge in [-0.2, -0.15) is 5.10 Å². The lowest BCUT2D eigenvalue weighted by molar-refractivity contribution is -0.121. The highest BCUT2D eigenvalue weighted by atomic mass is 16.5. The molecule has 0 bridgehead atoms. The molecule has 0 aliphatic heterocycles. The van der Waals surface area contributed by atoms with Crippen LogP contribution in [-0.2, 0) is 11.3 Å². The predicted molar refractivity (Wildman–Crippen MR) is 132 cm³/mol. The van der Waals surface area contributed by atoms with Gasteiger partial charge in [0.05, 0.1) is 31.5 Å². The fourth-order valence-electron chi connectivity index (χ4n) is 3.78. The Morgan fingerprint density at radius 1 is 1.09 bits per heavy atom. The van der Waals surface area contributed by atoms with Gasteiger partial charge in [0.1, 0.15) is 23.7 Å². The lowest BCUT2D eigenvalue weighted by Gasteiger charge is -2.15. The van der Waals surface area contributed by atoms with E-state index in [1.54, 1.807) is 26.6 Å². The van der Waals surface area contributed by atoms with E-state index >= 15 is 0 Å². The number of carbonyl (C=O) groups is 1. The molecule has 0 unspecified atom stereocenters. The van der Waals surface area contributed by atoms with Gasteiger partial charge in [-0.15, -0.1) is 0 Å². The number of aromatic nitrogens is 3. The Morgan fingerprint density at radius 2 is 1.85 bits per heavy atom.